The van der Waals surface area contributed by atoms with Gasteiger partial charge in [0.15, 0.2) is 5.78 Å². The molecule has 1 aromatic carbocycles. The molecule has 0 atom stereocenters. The van der Waals surface area contributed by atoms with Crippen LogP contribution < -0.4 is 0 Å². The number of halogens is 2. The largest absolute Gasteiger partial charge is 0.294 e. The van der Waals surface area contributed by atoms with Crippen LogP contribution in [0, 0.1) is 17.0 Å². The van der Waals surface area contributed by atoms with Gasteiger partial charge in [-0.3, -0.25) is 4.79 Å². The van der Waals surface area contributed by atoms with Crippen LogP contribution >= 0.6 is 0 Å². The third kappa shape index (κ3) is 2.24. The predicted octanol–water partition coefficient (Wildman–Crippen LogP) is 4.12. The van der Waals surface area contributed by atoms with Crippen LogP contribution in [0.5, 0.6) is 0 Å². The van der Waals surface area contributed by atoms with Crippen molar-refractivity contribution in [2.75, 3.05) is 0 Å². The Labute approximate surface area is 99.8 Å². The highest BCUT2D eigenvalue weighted by Gasteiger charge is 2.39. The Morgan fingerprint density at radius 2 is 1.71 bits per heavy atom. The SMILES string of the molecule is CCC1(C(=O)c2cc(F)cc(F)c2)CCCC1. The minimum Gasteiger partial charge on any atom is -0.294 e. The van der Waals surface area contributed by atoms with Gasteiger partial charge in [-0.15, -0.1) is 0 Å². The van der Waals surface area contributed by atoms with Crippen molar-refractivity contribution in [3.63, 3.8) is 0 Å². The van der Waals surface area contributed by atoms with Crippen LogP contribution in [0.3, 0.4) is 0 Å². The summed E-state index contributed by atoms with van der Waals surface area (Å²) in [7, 11) is 0. The fourth-order valence-corrected chi connectivity index (χ4v) is 2.78. The summed E-state index contributed by atoms with van der Waals surface area (Å²) in [6, 6.07) is 3.08. The quantitative estimate of drug-likeness (QED) is 0.724. The van der Waals surface area contributed by atoms with Gasteiger partial charge in [-0.25, -0.2) is 8.78 Å². The van der Waals surface area contributed by atoms with E-state index in [1.807, 2.05) is 6.92 Å². The van der Waals surface area contributed by atoms with Crippen LogP contribution in [0.4, 0.5) is 8.78 Å². The Balaban J connectivity index is 2.35. The lowest BCUT2D eigenvalue weighted by Crippen LogP contribution is -2.27. The number of hydrogen-bond donors (Lipinski definition) is 0. The monoisotopic (exact) mass is 238 g/mol. The zero-order chi connectivity index (χ0) is 12.5. The van der Waals surface area contributed by atoms with Crippen LogP contribution in [0.1, 0.15) is 49.4 Å². The van der Waals surface area contributed by atoms with Gasteiger partial charge in [-0.1, -0.05) is 19.8 Å². The molecule has 1 aliphatic carbocycles. The predicted molar refractivity (Wildman–Crippen MR) is 61.9 cm³/mol. The Bertz CT molecular complexity index is 414. The molecule has 0 saturated heterocycles. The number of hydrogen-bond acceptors (Lipinski definition) is 1. The number of benzene rings is 1. The van der Waals surface area contributed by atoms with Gasteiger partial charge >= 0.3 is 0 Å². The maximum atomic E-state index is 13.1. The van der Waals surface area contributed by atoms with Crippen molar-refractivity contribution in [3.05, 3.63) is 35.4 Å². The summed E-state index contributed by atoms with van der Waals surface area (Å²) in [5.41, 5.74) is -0.216. The zero-order valence-electron chi connectivity index (χ0n) is 9.93. The van der Waals surface area contributed by atoms with E-state index in [0.717, 1.165) is 50.3 Å². The van der Waals surface area contributed by atoms with Crippen LogP contribution in [-0.4, -0.2) is 5.78 Å². The third-order valence-electron chi connectivity index (χ3n) is 3.84. The first-order valence-corrected chi connectivity index (χ1v) is 6.08. The summed E-state index contributed by atoms with van der Waals surface area (Å²) in [4.78, 5) is 12.4. The van der Waals surface area contributed by atoms with E-state index in [2.05, 4.69) is 0 Å². The highest BCUT2D eigenvalue weighted by molar-refractivity contribution is 6.00. The van der Waals surface area contributed by atoms with E-state index in [0.29, 0.717) is 0 Å². The van der Waals surface area contributed by atoms with Crippen molar-refractivity contribution in [1.82, 2.24) is 0 Å². The smallest absolute Gasteiger partial charge is 0.169 e. The molecule has 17 heavy (non-hydrogen) atoms. The number of rotatable bonds is 3. The van der Waals surface area contributed by atoms with Crippen molar-refractivity contribution in [2.24, 2.45) is 5.41 Å². The summed E-state index contributed by atoms with van der Waals surface area (Å²) < 4.78 is 26.2. The molecule has 1 fully saturated rings. The lowest BCUT2D eigenvalue weighted by Gasteiger charge is -2.25. The molecule has 1 aromatic rings. The van der Waals surface area contributed by atoms with Gasteiger partial charge in [-0.05, 0) is 31.4 Å². The van der Waals surface area contributed by atoms with Gasteiger partial charge in [0.2, 0.25) is 0 Å². The van der Waals surface area contributed by atoms with E-state index < -0.39 is 11.6 Å². The lowest BCUT2D eigenvalue weighted by molar-refractivity contribution is 0.0790. The zero-order valence-corrected chi connectivity index (χ0v) is 9.93. The fraction of sp³-hybridized carbons (Fsp3) is 0.500. The highest BCUT2D eigenvalue weighted by Crippen LogP contribution is 2.43. The minimum atomic E-state index is -0.683. The topological polar surface area (TPSA) is 17.1 Å². The van der Waals surface area contributed by atoms with Gasteiger partial charge in [-0.2, -0.15) is 0 Å². The van der Waals surface area contributed by atoms with Gasteiger partial charge < -0.3 is 0 Å². The van der Waals surface area contributed by atoms with Crippen LogP contribution in [0.2, 0.25) is 0 Å². The van der Waals surface area contributed by atoms with Crippen molar-refractivity contribution in [2.45, 2.75) is 39.0 Å². The maximum absolute atomic E-state index is 13.1. The van der Waals surface area contributed by atoms with Crippen LogP contribution in [0.15, 0.2) is 18.2 Å². The molecular formula is C14H16F2O. The van der Waals surface area contributed by atoms with Gasteiger partial charge in [0.25, 0.3) is 0 Å². The summed E-state index contributed by atoms with van der Waals surface area (Å²) in [5.74, 6) is -1.47. The Kier molecular flexibility index (Phi) is 3.27. The standard InChI is InChI=1S/C14H16F2O/c1-2-14(5-3-4-6-14)13(17)10-7-11(15)9-12(16)8-10/h7-9H,2-6H2,1H3. The van der Waals surface area contributed by atoms with E-state index >= 15 is 0 Å². The number of carbonyl (C=O) groups excluding carboxylic acids is 1. The van der Waals surface area contributed by atoms with E-state index in [9.17, 15) is 13.6 Å². The molecule has 0 aliphatic heterocycles. The number of carbonyl (C=O) groups is 1. The second kappa shape index (κ2) is 4.55. The normalized spacial score (nSPS) is 18.3. The molecule has 0 unspecified atom stereocenters. The van der Waals surface area contributed by atoms with Gasteiger partial charge in [0.05, 0.1) is 0 Å². The van der Waals surface area contributed by atoms with Crippen molar-refractivity contribution < 1.29 is 13.6 Å². The van der Waals surface area contributed by atoms with Crippen LogP contribution in [0.25, 0.3) is 0 Å². The minimum absolute atomic E-state index is 0.101. The molecule has 0 radical (unpaired) electrons. The third-order valence-corrected chi connectivity index (χ3v) is 3.84. The second-order valence-corrected chi connectivity index (χ2v) is 4.83. The molecule has 2 rings (SSSR count). The molecule has 1 aliphatic rings. The molecule has 1 nitrogen and oxygen atoms in total. The van der Waals surface area contributed by atoms with E-state index in [1.54, 1.807) is 0 Å². The average molecular weight is 238 g/mol. The van der Waals surface area contributed by atoms with E-state index in [1.165, 1.54) is 0 Å². The first-order valence-electron chi connectivity index (χ1n) is 6.08. The Hall–Kier alpha value is -1.25. The maximum Gasteiger partial charge on any atom is 0.169 e. The van der Waals surface area contributed by atoms with Crippen molar-refractivity contribution >= 4 is 5.78 Å². The molecule has 92 valence electrons. The second-order valence-electron chi connectivity index (χ2n) is 4.83. The van der Waals surface area contributed by atoms with Gasteiger partial charge in [0.1, 0.15) is 11.6 Å². The van der Waals surface area contributed by atoms with Crippen LogP contribution in [-0.2, 0) is 0 Å². The Morgan fingerprint density at radius 3 is 2.18 bits per heavy atom. The fourth-order valence-electron chi connectivity index (χ4n) is 2.78. The molecule has 0 spiro atoms. The average Bonchev–Trinajstić information content (AvgIpc) is 2.76. The van der Waals surface area contributed by atoms with Crippen molar-refractivity contribution in [3.8, 4) is 0 Å². The molecule has 0 aromatic heterocycles. The van der Waals surface area contributed by atoms with E-state index in [4.69, 9.17) is 0 Å². The molecule has 0 amide bonds. The molecule has 1 saturated carbocycles. The first kappa shape index (κ1) is 12.2. The number of ketones is 1. The highest BCUT2D eigenvalue weighted by atomic mass is 19.1. The molecule has 0 bridgehead atoms. The summed E-state index contributed by atoms with van der Waals surface area (Å²) >= 11 is 0. The molecule has 3 heteroatoms. The van der Waals surface area contributed by atoms with Crippen molar-refractivity contribution in [1.29, 1.82) is 0 Å². The molecule has 0 heterocycles. The van der Waals surface area contributed by atoms with Gasteiger partial charge in [0, 0.05) is 17.0 Å². The molecule has 0 N–H and O–H groups in total. The molecular weight excluding hydrogens is 222 g/mol. The number of Topliss-reactive ketones (excluding diaryl/α,β-unsaturated/α-hetero) is 1. The Morgan fingerprint density at radius 1 is 1.18 bits per heavy atom. The first-order chi connectivity index (χ1) is 8.07. The summed E-state index contributed by atoms with van der Waals surface area (Å²) in [5, 5.41) is 0. The summed E-state index contributed by atoms with van der Waals surface area (Å²) in [6.45, 7) is 1.97. The summed E-state index contributed by atoms with van der Waals surface area (Å²) in [6.07, 6.45) is 4.46. The van der Waals surface area contributed by atoms with E-state index in [-0.39, 0.29) is 16.8 Å². The lowest BCUT2D eigenvalue weighted by atomic mass is 9.76.